The second kappa shape index (κ2) is 5.00. The number of anilines is 1. The van der Waals surface area contributed by atoms with Crippen molar-refractivity contribution in [2.75, 3.05) is 11.9 Å². The number of hydrogen-bond donors (Lipinski definition) is 2. The topological polar surface area (TPSA) is 71.4 Å². The number of aromatic amines is 1. The average molecular weight is 321 g/mol. The van der Waals surface area contributed by atoms with E-state index in [2.05, 4.69) is 53.9 Å². The van der Waals surface area contributed by atoms with Crippen LogP contribution in [0.5, 0.6) is 0 Å². The summed E-state index contributed by atoms with van der Waals surface area (Å²) in [5, 5.41) is 15.7. The minimum absolute atomic E-state index is 0.680. The molecule has 0 unspecified atom stereocenters. The summed E-state index contributed by atoms with van der Waals surface area (Å²) in [5.41, 5.74) is 2.41. The molecule has 2 N–H and O–H groups in total. The van der Waals surface area contributed by atoms with Crippen LogP contribution in [0.15, 0.2) is 28.9 Å². The van der Waals surface area contributed by atoms with Gasteiger partial charge in [0.15, 0.2) is 0 Å². The van der Waals surface area contributed by atoms with Crippen LogP contribution in [0.2, 0.25) is 0 Å². The number of benzene rings is 1. The van der Waals surface area contributed by atoms with Gasteiger partial charge in [-0.25, -0.2) is 4.68 Å². The number of halogens is 1. The van der Waals surface area contributed by atoms with Crippen molar-refractivity contribution in [2.45, 2.75) is 6.42 Å². The van der Waals surface area contributed by atoms with Crippen molar-refractivity contribution in [1.29, 1.82) is 0 Å². The van der Waals surface area contributed by atoms with Crippen molar-refractivity contribution in [3.8, 4) is 0 Å². The molecule has 2 heterocycles. The van der Waals surface area contributed by atoms with Crippen LogP contribution in [0.3, 0.4) is 0 Å². The van der Waals surface area contributed by atoms with Crippen LogP contribution in [0.4, 0.5) is 5.95 Å². The van der Waals surface area contributed by atoms with E-state index in [4.69, 9.17) is 0 Å². The number of nitrogens with one attached hydrogen (secondary N) is 2. The zero-order valence-corrected chi connectivity index (χ0v) is 12.0. The van der Waals surface area contributed by atoms with E-state index in [9.17, 15) is 0 Å². The third kappa shape index (κ3) is 2.33. The highest BCUT2D eigenvalue weighted by molar-refractivity contribution is 9.10. The molecule has 19 heavy (non-hydrogen) atoms. The first kappa shape index (κ1) is 12.2. The Kier molecular flexibility index (Phi) is 3.20. The van der Waals surface area contributed by atoms with Crippen molar-refractivity contribution < 1.29 is 0 Å². The zero-order chi connectivity index (χ0) is 13.2. The number of aromatic nitrogens is 5. The second-order valence-electron chi connectivity index (χ2n) is 4.28. The molecule has 2 aromatic heterocycles. The molecule has 0 amide bonds. The fourth-order valence-electron chi connectivity index (χ4n) is 2.09. The van der Waals surface area contributed by atoms with Gasteiger partial charge < -0.3 is 10.3 Å². The van der Waals surface area contributed by atoms with Gasteiger partial charge in [0.2, 0.25) is 5.95 Å². The number of aryl methyl sites for hydroxylation is 1. The Morgan fingerprint density at radius 3 is 3.11 bits per heavy atom. The number of fused-ring (bicyclic) bond motifs is 1. The third-order valence-electron chi connectivity index (χ3n) is 3.03. The molecule has 0 saturated carbocycles. The molecule has 0 radical (unpaired) electrons. The van der Waals surface area contributed by atoms with Gasteiger partial charge in [0.25, 0.3) is 0 Å². The highest BCUT2D eigenvalue weighted by atomic mass is 79.9. The molecule has 98 valence electrons. The van der Waals surface area contributed by atoms with Crippen LogP contribution >= 0.6 is 15.9 Å². The van der Waals surface area contributed by atoms with Crippen molar-refractivity contribution >= 4 is 32.8 Å². The molecule has 0 aliphatic rings. The maximum Gasteiger partial charge on any atom is 0.242 e. The smallest absolute Gasteiger partial charge is 0.242 e. The Morgan fingerprint density at radius 2 is 2.32 bits per heavy atom. The van der Waals surface area contributed by atoms with E-state index in [0.717, 1.165) is 23.0 Å². The van der Waals surface area contributed by atoms with E-state index in [1.807, 2.05) is 19.3 Å². The number of tetrazole rings is 1. The fourth-order valence-corrected chi connectivity index (χ4v) is 2.71. The van der Waals surface area contributed by atoms with E-state index in [0.29, 0.717) is 5.95 Å². The molecule has 0 spiro atoms. The lowest BCUT2D eigenvalue weighted by Gasteiger charge is -2.04. The van der Waals surface area contributed by atoms with Crippen LogP contribution in [-0.2, 0) is 13.5 Å². The largest absolute Gasteiger partial charge is 0.361 e. The normalized spacial score (nSPS) is 11.1. The lowest BCUT2D eigenvalue weighted by atomic mass is 10.1. The van der Waals surface area contributed by atoms with Gasteiger partial charge in [-0.05, 0) is 34.5 Å². The summed E-state index contributed by atoms with van der Waals surface area (Å²) in [6, 6.07) is 6.15. The Hall–Kier alpha value is -1.89. The molecule has 0 bridgehead atoms. The van der Waals surface area contributed by atoms with Gasteiger partial charge in [0.05, 0.1) is 0 Å². The van der Waals surface area contributed by atoms with E-state index in [1.54, 1.807) is 4.68 Å². The lowest BCUT2D eigenvalue weighted by Crippen LogP contribution is -2.09. The molecule has 0 atom stereocenters. The molecule has 0 aliphatic heterocycles. The number of nitrogens with zero attached hydrogens (tertiary/aromatic N) is 4. The van der Waals surface area contributed by atoms with Crippen LogP contribution in [0.25, 0.3) is 10.9 Å². The summed E-state index contributed by atoms with van der Waals surface area (Å²) < 4.78 is 2.73. The summed E-state index contributed by atoms with van der Waals surface area (Å²) in [7, 11) is 1.81. The summed E-state index contributed by atoms with van der Waals surface area (Å²) >= 11 is 3.59. The Morgan fingerprint density at radius 1 is 1.42 bits per heavy atom. The average Bonchev–Trinajstić information content (AvgIpc) is 2.98. The monoisotopic (exact) mass is 320 g/mol. The molecule has 6 nitrogen and oxygen atoms in total. The Balaban J connectivity index is 1.74. The minimum Gasteiger partial charge on any atom is -0.361 e. The van der Waals surface area contributed by atoms with Gasteiger partial charge >= 0.3 is 0 Å². The standard InChI is InChI=1S/C12H13BrN6/c1-19-12(16-17-18-19)14-6-5-8-7-15-10-4-2-3-9(13)11(8)10/h2-4,7,15H,5-6H2,1H3,(H,14,16,18). The van der Waals surface area contributed by atoms with Gasteiger partial charge in [-0.1, -0.05) is 27.1 Å². The Labute approximate surface area is 118 Å². The predicted molar refractivity (Wildman–Crippen MR) is 77.0 cm³/mol. The van der Waals surface area contributed by atoms with Crippen molar-refractivity contribution in [3.05, 3.63) is 34.4 Å². The van der Waals surface area contributed by atoms with Crippen molar-refractivity contribution in [3.63, 3.8) is 0 Å². The van der Waals surface area contributed by atoms with Gasteiger partial charge in [-0.3, -0.25) is 0 Å². The first-order chi connectivity index (χ1) is 9.25. The molecule has 0 aliphatic carbocycles. The fraction of sp³-hybridized carbons (Fsp3) is 0.250. The Bertz CT molecular complexity index is 701. The molecular weight excluding hydrogens is 308 g/mol. The van der Waals surface area contributed by atoms with E-state index >= 15 is 0 Å². The molecule has 7 heteroatoms. The zero-order valence-electron chi connectivity index (χ0n) is 10.4. The highest BCUT2D eigenvalue weighted by Gasteiger charge is 2.07. The lowest BCUT2D eigenvalue weighted by molar-refractivity contribution is 0.712. The third-order valence-corrected chi connectivity index (χ3v) is 3.70. The van der Waals surface area contributed by atoms with E-state index < -0.39 is 0 Å². The molecular formula is C12H13BrN6. The second-order valence-corrected chi connectivity index (χ2v) is 5.13. The summed E-state index contributed by atoms with van der Waals surface area (Å²) in [6.45, 7) is 0.780. The van der Waals surface area contributed by atoms with Gasteiger partial charge in [0, 0.05) is 35.2 Å². The van der Waals surface area contributed by atoms with Gasteiger partial charge in [-0.2, -0.15) is 0 Å². The molecule has 0 fully saturated rings. The molecule has 1 aromatic carbocycles. The molecule has 3 rings (SSSR count). The van der Waals surface area contributed by atoms with Crippen LogP contribution < -0.4 is 5.32 Å². The first-order valence-corrected chi connectivity index (χ1v) is 6.75. The summed E-state index contributed by atoms with van der Waals surface area (Å²) in [5.74, 6) is 0.680. The summed E-state index contributed by atoms with van der Waals surface area (Å²) in [4.78, 5) is 3.28. The van der Waals surface area contributed by atoms with Crippen LogP contribution in [-0.4, -0.2) is 31.7 Å². The maximum atomic E-state index is 3.89. The quantitative estimate of drug-likeness (QED) is 0.772. The van der Waals surface area contributed by atoms with Crippen molar-refractivity contribution in [1.82, 2.24) is 25.2 Å². The number of H-pyrrole nitrogens is 1. The van der Waals surface area contributed by atoms with Gasteiger partial charge in [-0.15, -0.1) is 0 Å². The van der Waals surface area contributed by atoms with Crippen molar-refractivity contribution in [2.24, 2.45) is 7.05 Å². The van der Waals surface area contributed by atoms with Crippen LogP contribution in [0.1, 0.15) is 5.56 Å². The van der Waals surface area contributed by atoms with Gasteiger partial charge in [0.1, 0.15) is 0 Å². The summed E-state index contributed by atoms with van der Waals surface area (Å²) in [6.07, 6.45) is 2.95. The number of rotatable bonds is 4. The van der Waals surface area contributed by atoms with E-state index in [-0.39, 0.29) is 0 Å². The minimum atomic E-state index is 0.680. The van der Waals surface area contributed by atoms with E-state index in [1.165, 1.54) is 10.9 Å². The number of hydrogen-bond acceptors (Lipinski definition) is 4. The maximum absolute atomic E-state index is 3.89. The first-order valence-electron chi connectivity index (χ1n) is 5.96. The predicted octanol–water partition coefficient (Wildman–Crippen LogP) is 2.11. The SMILES string of the molecule is Cn1nnnc1NCCc1c[nH]c2cccc(Br)c12. The molecule has 3 aromatic rings. The highest BCUT2D eigenvalue weighted by Crippen LogP contribution is 2.27. The molecule has 0 saturated heterocycles. The van der Waals surface area contributed by atoms with Crippen LogP contribution in [0, 0.1) is 0 Å².